The molecule has 64 valence electrons. The maximum Gasteiger partial charge on any atom is 0.00955 e. The largest absolute Gasteiger partial charge is 0.313 e. The molecule has 2 aliphatic rings. The number of rotatable bonds is 0. The zero-order valence-corrected chi connectivity index (χ0v) is 7.47. The van der Waals surface area contributed by atoms with E-state index in [1.54, 1.807) is 0 Å². The van der Waals surface area contributed by atoms with Crippen molar-refractivity contribution in [2.24, 2.45) is 11.8 Å². The van der Waals surface area contributed by atoms with E-state index in [0.717, 1.165) is 17.9 Å². The molecule has 0 aromatic heterocycles. The molecule has 1 nitrogen and oxygen atoms in total. The van der Waals surface area contributed by atoms with Gasteiger partial charge in [0.1, 0.15) is 0 Å². The Kier molecular flexibility index (Phi) is 2.17. The number of piperidine rings is 1. The average molecular weight is 153 g/mol. The SMILES string of the molecule is C[C@@H]1CN[C@H]2CCCC[C@@H]2C1. The first-order valence-electron chi connectivity index (χ1n) is 5.09. The molecular formula is C10H19N. The van der Waals surface area contributed by atoms with Crippen LogP contribution in [0.25, 0.3) is 0 Å². The Morgan fingerprint density at radius 3 is 2.91 bits per heavy atom. The molecule has 1 heteroatoms. The maximum atomic E-state index is 3.67. The van der Waals surface area contributed by atoms with E-state index in [2.05, 4.69) is 12.2 Å². The Balaban J connectivity index is 1.93. The van der Waals surface area contributed by atoms with Crippen molar-refractivity contribution >= 4 is 0 Å². The highest BCUT2D eigenvalue weighted by molar-refractivity contribution is 4.86. The van der Waals surface area contributed by atoms with Crippen molar-refractivity contribution in [3.8, 4) is 0 Å². The first kappa shape index (κ1) is 7.60. The minimum atomic E-state index is 0.889. The average Bonchev–Trinajstić information content (AvgIpc) is 2.04. The summed E-state index contributed by atoms with van der Waals surface area (Å²) in [7, 11) is 0. The Hall–Kier alpha value is -0.0400. The molecule has 3 atom stereocenters. The quantitative estimate of drug-likeness (QED) is 0.562. The van der Waals surface area contributed by atoms with Crippen molar-refractivity contribution in [2.75, 3.05) is 6.54 Å². The van der Waals surface area contributed by atoms with Gasteiger partial charge in [-0.1, -0.05) is 19.8 Å². The molecule has 0 aromatic carbocycles. The summed E-state index contributed by atoms with van der Waals surface area (Å²) in [6.45, 7) is 3.64. The van der Waals surface area contributed by atoms with Gasteiger partial charge in [0.05, 0.1) is 0 Å². The van der Waals surface area contributed by atoms with Crippen LogP contribution in [-0.4, -0.2) is 12.6 Å². The zero-order chi connectivity index (χ0) is 7.68. The number of hydrogen-bond donors (Lipinski definition) is 1. The predicted octanol–water partition coefficient (Wildman–Crippen LogP) is 2.17. The molecule has 0 amide bonds. The fraction of sp³-hybridized carbons (Fsp3) is 1.00. The molecule has 0 radical (unpaired) electrons. The summed E-state index contributed by atoms with van der Waals surface area (Å²) < 4.78 is 0. The standard InChI is InChI=1S/C10H19N/c1-8-6-9-4-2-3-5-10(9)11-7-8/h8-11H,2-7H2,1H3/t8-,9+,10-/m0/s1. The van der Waals surface area contributed by atoms with Gasteiger partial charge in [-0.25, -0.2) is 0 Å². The zero-order valence-electron chi connectivity index (χ0n) is 7.47. The lowest BCUT2D eigenvalue weighted by atomic mass is 9.77. The number of fused-ring (bicyclic) bond motifs is 1. The summed E-state index contributed by atoms with van der Waals surface area (Å²) in [5, 5.41) is 3.67. The summed E-state index contributed by atoms with van der Waals surface area (Å²) in [4.78, 5) is 0. The summed E-state index contributed by atoms with van der Waals surface area (Å²) in [5.41, 5.74) is 0. The van der Waals surface area contributed by atoms with Crippen molar-refractivity contribution < 1.29 is 0 Å². The van der Waals surface area contributed by atoms with Crippen molar-refractivity contribution in [1.29, 1.82) is 0 Å². The summed E-state index contributed by atoms with van der Waals surface area (Å²) >= 11 is 0. The molecule has 2 rings (SSSR count). The highest BCUT2D eigenvalue weighted by Gasteiger charge is 2.29. The van der Waals surface area contributed by atoms with Gasteiger partial charge in [0.2, 0.25) is 0 Å². The van der Waals surface area contributed by atoms with Crippen LogP contribution in [0.5, 0.6) is 0 Å². The number of hydrogen-bond acceptors (Lipinski definition) is 1. The van der Waals surface area contributed by atoms with E-state index in [1.165, 1.54) is 38.6 Å². The van der Waals surface area contributed by atoms with Crippen LogP contribution in [0.2, 0.25) is 0 Å². The second kappa shape index (κ2) is 3.14. The van der Waals surface area contributed by atoms with Crippen molar-refractivity contribution in [2.45, 2.75) is 45.1 Å². The lowest BCUT2D eigenvalue weighted by Gasteiger charge is -2.39. The molecule has 1 saturated heterocycles. The fourth-order valence-corrected chi connectivity index (χ4v) is 2.71. The normalized spacial score (nSPS) is 45.0. The van der Waals surface area contributed by atoms with Crippen LogP contribution in [0.1, 0.15) is 39.0 Å². The topological polar surface area (TPSA) is 12.0 Å². The molecule has 0 bridgehead atoms. The molecule has 1 aliphatic carbocycles. The van der Waals surface area contributed by atoms with Crippen LogP contribution < -0.4 is 5.32 Å². The van der Waals surface area contributed by atoms with Crippen LogP contribution in [0, 0.1) is 11.8 Å². The highest BCUT2D eigenvalue weighted by atomic mass is 14.9. The Morgan fingerprint density at radius 2 is 2.00 bits per heavy atom. The minimum absolute atomic E-state index is 0.889. The fourth-order valence-electron chi connectivity index (χ4n) is 2.71. The van der Waals surface area contributed by atoms with Crippen molar-refractivity contribution in [3.05, 3.63) is 0 Å². The van der Waals surface area contributed by atoms with Gasteiger partial charge < -0.3 is 5.32 Å². The first-order chi connectivity index (χ1) is 5.36. The third-order valence-electron chi connectivity index (χ3n) is 3.34. The van der Waals surface area contributed by atoms with E-state index in [0.29, 0.717) is 0 Å². The van der Waals surface area contributed by atoms with Gasteiger partial charge in [0, 0.05) is 6.04 Å². The highest BCUT2D eigenvalue weighted by Crippen LogP contribution is 2.32. The molecule has 1 saturated carbocycles. The van der Waals surface area contributed by atoms with Crippen LogP contribution in [0.15, 0.2) is 0 Å². The smallest absolute Gasteiger partial charge is 0.00955 e. The van der Waals surface area contributed by atoms with Gasteiger partial charge in [0.15, 0.2) is 0 Å². The third kappa shape index (κ3) is 1.58. The Labute approximate surface area is 69.6 Å². The predicted molar refractivity (Wildman–Crippen MR) is 47.5 cm³/mol. The van der Waals surface area contributed by atoms with Gasteiger partial charge in [-0.15, -0.1) is 0 Å². The summed E-state index contributed by atoms with van der Waals surface area (Å²) in [5.74, 6) is 1.95. The Morgan fingerprint density at radius 1 is 1.18 bits per heavy atom. The van der Waals surface area contributed by atoms with E-state index in [-0.39, 0.29) is 0 Å². The van der Waals surface area contributed by atoms with Gasteiger partial charge >= 0.3 is 0 Å². The van der Waals surface area contributed by atoms with Gasteiger partial charge in [0.25, 0.3) is 0 Å². The summed E-state index contributed by atoms with van der Waals surface area (Å²) in [6.07, 6.45) is 7.36. The van der Waals surface area contributed by atoms with Crippen LogP contribution in [-0.2, 0) is 0 Å². The molecule has 1 N–H and O–H groups in total. The second-order valence-corrected chi connectivity index (χ2v) is 4.40. The second-order valence-electron chi connectivity index (χ2n) is 4.40. The molecule has 1 heterocycles. The minimum Gasteiger partial charge on any atom is -0.313 e. The van der Waals surface area contributed by atoms with Crippen molar-refractivity contribution in [1.82, 2.24) is 5.32 Å². The van der Waals surface area contributed by atoms with Gasteiger partial charge in [-0.05, 0) is 37.6 Å². The maximum absolute atomic E-state index is 3.67. The van der Waals surface area contributed by atoms with Crippen LogP contribution >= 0.6 is 0 Å². The molecule has 2 fully saturated rings. The molecule has 0 unspecified atom stereocenters. The monoisotopic (exact) mass is 153 g/mol. The molecule has 0 spiro atoms. The first-order valence-corrected chi connectivity index (χ1v) is 5.09. The van der Waals surface area contributed by atoms with Crippen molar-refractivity contribution in [3.63, 3.8) is 0 Å². The van der Waals surface area contributed by atoms with Crippen LogP contribution in [0.4, 0.5) is 0 Å². The third-order valence-corrected chi connectivity index (χ3v) is 3.34. The summed E-state index contributed by atoms with van der Waals surface area (Å²) in [6, 6.07) is 0.889. The van der Waals surface area contributed by atoms with Crippen LogP contribution in [0.3, 0.4) is 0 Å². The Bertz CT molecular complexity index is 133. The molecule has 1 aliphatic heterocycles. The lowest BCUT2D eigenvalue weighted by Crippen LogP contribution is -2.46. The van der Waals surface area contributed by atoms with E-state index < -0.39 is 0 Å². The van der Waals surface area contributed by atoms with E-state index in [9.17, 15) is 0 Å². The molecule has 11 heavy (non-hydrogen) atoms. The van der Waals surface area contributed by atoms with Gasteiger partial charge in [-0.3, -0.25) is 0 Å². The lowest BCUT2D eigenvalue weighted by molar-refractivity contribution is 0.175. The van der Waals surface area contributed by atoms with E-state index in [4.69, 9.17) is 0 Å². The molecular weight excluding hydrogens is 134 g/mol. The molecule has 0 aromatic rings. The van der Waals surface area contributed by atoms with E-state index in [1.807, 2.05) is 0 Å². The number of nitrogens with one attached hydrogen (secondary N) is 1. The van der Waals surface area contributed by atoms with E-state index >= 15 is 0 Å². The van der Waals surface area contributed by atoms with Gasteiger partial charge in [-0.2, -0.15) is 0 Å².